The van der Waals surface area contributed by atoms with Gasteiger partial charge in [-0.2, -0.15) is 0 Å². The van der Waals surface area contributed by atoms with Crippen molar-refractivity contribution in [3.63, 3.8) is 0 Å². The maximum absolute atomic E-state index is 12.3. The van der Waals surface area contributed by atoms with E-state index in [4.69, 9.17) is 10.5 Å². The van der Waals surface area contributed by atoms with Crippen LogP contribution in [0.25, 0.3) is 0 Å². The van der Waals surface area contributed by atoms with Gasteiger partial charge in [-0.3, -0.25) is 9.59 Å². The van der Waals surface area contributed by atoms with Crippen LogP contribution >= 0.6 is 0 Å². The first-order valence-corrected chi connectivity index (χ1v) is 7.98. The minimum Gasteiger partial charge on any atom is -0.465 e. The SMILES string of the molecule is CCOC(=O)CN(C(=O)CCC(CCN)C(C)C)C(C)C. The molecule has 0 bridgehead atoms. The van der Waals surface area contributed by atoms with E-state index in [0.717, 1.165) is 12.8 Å². The van der Waals surface area contributed by atoms with E-state index >= 15 is 0 Å². The maximum atomic E-state index is 12.3. The van der Waals surface area contributed by atoms with Crippen LogP contribution in [0, 0.1) is 11.8 Å². The second kappa shape index (κ2) is 10.6. The molecule has 0 saturated heterocycles. The molecule has 0 aliphatic rings. The average Bonchev–Trinajstić information content (AvgIpc) is 2.40. The summed E-state index contributed by atoms with van der Waals surface area (Å²) in [6.45, 7) is 10.9. The van der Waals surface area contributed by atoms with E-state index in [9.17, 15) is 9.59 Å². The highest BCUT2D eigenvalue weighted by molar-refractivity contribution is 5.82. The summed E-state index contributed by atoms with van der Waals surface area (Å²) in [5.41, 5.74) is 5.62. The largest absolute Gasteiger partial charge is 0.465 e. The Morgan fingerprint density at radius 3 is 2.19 bits per heavy atom. The maximum Gasteiger partial charge on any atom is 0.325 e. The molecule has 5 heteroatoms. The molecule has 1 amide bonds. The molecule has 0 aliphatic heterocycles. The van der Waals surface area contributed by atoms with Crippen LogP contribution in [-0.4, -0.2) is 42.5 Å². The average molecular weight is 300 g/mol. The number of nitrogens with two attached hydrogens (primary N) is 1. The number of hydrogen-bond donors (Lipinski definition) is 1. The predicted molar refractivity (Wildman–Crippen MR) is 84.7 cm³/mol. The summed E-state index contributed by atoms with van der Waals surface area (Å²) in [4.78, 5) is 25.5. The van der Waals surface area contributed by atoms with Gasteiger partial charge in [0, 0.05) is 12.5 Å². The third kappa shape index (κ3) is 8.05. The number of amides is 1. The summed E-state index contributed by atoms with van der Waals surface area (Å²) in [6.07, 6.45) is 2.21. The van der Waals surface area contributed by atoms with Crippen LogP contribution in [-0.2, 0) is 14.3 Å². The van der Waals surface area contributed by atoms with Gasteiger partial charge in [-0.05, 0) is 52.0 Å². The molecule has 0 saturated carbocycles. The minimum atomic E-state index is -0.345. The van der Waals surface area contributed by atoms with Gasteiger partial charge < -0.3 is 15.4 Å². The van der Waals surface area contributed by atoms with Crippen molar-refractivity contribution in [1.29, 1.82) is 0 Å². The van der Waals surface area contributed by atoms with Gasteiger partial charge in [-0.25, -0.2) is 0 Å². The Morgan fingerprint density at radius 2 is 1.76 bits per heavy atom. The third-order valence-electron chi connectivity index (χ3n) is 3.76. The Kier molecular flexibility index (Phi) is 10.0. The predicted octanol–water partition coefficient (Wildman–Crippen LogP) is 2.19. The lowest BCUT2D eigenvalue weighted by atomic mass is 9.88. The van der Waals surface area contributed by atoms with Crippen molar-refractivity contribution in [3.05, 3.63) is 0 Å². The molecule has 0 radical (unpaired) electrons. The molecular weight excluding hydrogens is 268 g/mol. The van der Waals surface area contributed by atoms with Crippen LogP contribution in [0.2, 0.25) is 0 Å². The standard InChI is InChI=1S/C16H32N2O3/c1-6-21-16(20)11-18(13(4)5)15(19)8-7-14(9-10-17)12(2)3/h12-14H,6-11,17H2,1-5H3. The summed E-state index contributed by atoms with van der Waals surface area (Å²) >= 11 is 0. The van der Waals surface area contributed by atoms with E-state index < -0.39 is 0 Å². The Balaban J connectivity index is 4.50. The number of esters is 1. The Hall–Kier alpha value is -1.10. The van der Waals surface area contributed by atoms with E-state index in [1.165, 1.54) is 0 Å². The normalized spacial score (nSPS) is 12.6. The van der Waals surface area contributed by atoms with Gasteiger partial charge in [0.15, 0.2) is 0 Å². The van der Waals surface area contributed by atoms with Crippen molar-refractivity contribution in [2.24, 2.45) is 17.6 Å². The van der Waals surface area contributed by atoms with E-state index in [-0.39, 0.29) is 24.5 Å². The molecule has 0 aromatic heterocycles. The van der Waals surface area contributed by atoms with Crippen molar-refractivity contribution >= 4 is 11.9 Å². The number of hydrogen-bond acceptors (Lipinski definition) is 4. The lowest BCUT2D eigenvalue weighted by Crippen LogP contribution is -2.41. The summed E-state index contributed by atoms with van der Waals surface area (Å²) in [5, 5.41) is 0. The fourth-order valence-electron chi connectivity index (χ4n) is 2.38. The molecule has 0 fully saturated rings. The van der Waals surface area contributed by atoms with Crippen molar-refractivity contribution in [3.8, 4) is 0 Å². The van der Waals surface area contributed by atoms with E-state index in [1.54, 1.807) is 11.8 Å². The quantitative estimate of drug-likeness (QED) is 0.628. The molecule has 0 rings (SSSR count). The Morgan fingerprint density at radius 1 is 1.14 bits per heavy atom. The fraction of sp³-hybridized carbons (Fsp3) is 0.875. The molecule has 1 unspecified atom stereocenters. The van der Waals surface area contributed by atoms with Crippen LogP contribution < -0.4 is 5.73 Å². The van der Waals surface area contributed by atoms with E-state index in [1.807, 2.05) is 13.8 Å². The van der Waals surface area contributed by atoms with Crippen LogP contribution in [0.1, 0.15) is 53.9 Å². The van der Waals surface area contributed by atoms with Gasteiger partial charge >= 0.3 is 5.97 Å². The topological polar surface area (TPSA) is 72.6 Å². The number of carbonyl (C=O) groups is 2. The number of rotatable bonds is 10. The van der Waals surface area contributed by atoms with Gasteiger partial charge in [-0.1, -0.05) is 13.8 Å². The molecule has 5 nitrogen and oxygen atoms in total. The summed E-state index contributed by atoms with van der Waals surface area (Å²) in [6, 6.07) is -0.00563. The molecule has 0 spiro atoms. The highest BCUT2D eigenvalue weighted by atomic mass is 16.5. The molecule has 0 aromatic carbocycles. The second-order valence-corrected chi connectivity index (χ2v) is 6.04. The van der Waals surface area contributed by atoms with Gasteiger partial charge in [0.1, 0.15) is 6.54 Å². The van der Waals surface area contributed by atoms with E-state index in [2.05, 4.69) is 13.8 Å². The first-order chi connectivity index (χ1) is 9.83. The highest BCUT2D eigenvalue weighted by Gasteiger charge is 2.22. The summed E-state index contributed by atoms with van der Waals surface area (Å²) < 4.78 is 4.93. The molecule has 0 heterocycles. The Bertz CT molecular complexity index is 317. The highest BCUT2D eigenvalue weighted by Crippen LogP contribution is 2.21. The van der Waals surface area contributed by atoms with Crippen molar-refractivity contribution in [1.82, 2.24) is 4.90 Å². The zero-order valence-electron chi connectivity index (χ0n) is 14.2. The summed E-state index contributed by atoms with van der Waals surface area (Å²) in [7, 11) is 0. The van der Waals surface area contributed by atoms with Crippen LogP contribution in [0.15, 0.2) is 0 Å². The van der Waals surface area contributed by atoms with Crippen LogP contribution in [0.4, 0.5) is 0 Å². The minimum absolute atomic E-state index is 0.00563. The fourth-order valence-corrected chi connectivity index (χ4v) is 2.38. The van der Waals surface area contributed by atoms with Gasteiger partial charge in [-0.15, -0.1) is 0 Å². The molecular formula is C16H32N2O3. The number of ether oxygens (including phenoxy) is 1. The summed E-state index contributed by atoms with van der Waals surface area (Å²) in [5.74, 6) is 0.636. The van der Waals surface area contributed by atoms with E-state index in [0.29, 0.717) is 31.4 Å². The molecule has 1 atom stereocenters. The monoisotopic (exact) mass is 300 g/mol. The third-order valence-corrected chi connectivity index (χ3v) is 3.76. The molecule has 124 valence electrons. The zero-order chi connectivity index (χ0) is 16.4. The first-order valence-electron chi connectivity index (χ1n) is 7.98. The molecule has 2 N–H and O–H groups in total. The molecule has 0 aliphatic carbocycles. The van der Waals surface area contributed by atoms with Crippen molar-refractivity contribution in [2.75, 3.05) is 19.7 Å². The van der Waals surface area contributed by atoms with Crippen LogP contribution in [0.5, 0.6) is 0 Å². The zero-order valence-corrected chi connectivity index (χ0v) is 14.2. The number of nitrogens with zero attached hydrogens (tertiary/aromatic N) is 1. The smallest absolute Gasteiger partial charge is 0.325 e. The molecule has 0 aromatic rings. The van der Waals surface area contributed by atoms with Crippen LogP contribution in [0.3, 0.4) is 0 Å². The van der Waals surface area contributed by atoms with Gasteiger partial charge in [0.25, 0.3) is 0 Å². The second-order valence-electron chi connectivity index (χ2n) is 6.04. The first kappa shape index (κ1) is 19.9. The van der Waals surface area contributed by atoms with Gasteiger partial charge in [0.2, 0.25) is 5.91 Å². The Labute approximate surface area is 129 Å². The molecule has 21 heavy (non-hydrogen) atoms. The lowest BCUT2D eigenvalue weighted by molar-refractivity contribution is -0.150. The lowest BCUT2D eigenvalue weighted by Gasteiger charge is -2.27. The van der Waals surface area contributed by atoms with Gasteiger partial charge in [0.05, 0.1) is 6.61 Å². The number of carbonyl (C=O) groups excluding carboxylic acids is 2. The van der Waals surface area contributed by atoms with Crippen molar-refractivity contribution in [2.45, 2.75) is 59.9 Å². The van der Waals surface area contributed by atoms with Crippen molar-refractivity contribution < 1.29 is 14.3 Å².